The van der Waals surface area contributed by atoms with E-state index in [-0.39, 0.29) is 5.91 Å². The number of benzene rings is 2. The number of hydrogen-bond donors (Lipinski definition) is 2. The van der Waals surface area contributed by atoms with Gasteiger partial charge in [0.1, 0.15) is 5.69 Å². The van der Waals surface area contributed by atoms with Gasteiger partial charge in [-0.3, -0.25) is 9.78 Å². The molecule has 24 heavy (non-hydrogen) atoms. The molecular weight excluding hydrogens is 345 g/mol. The number of carbonyl (C=O) groups excluding carboxylic acids is 1. The number of amides is 1. The van der Waals surface area contributed by atoms with E-state index in [1.807, 2.05) is 30.3 Å². The molecule has 2 aromatic carbocycles. The maximum absolute atomic E-state index is 12.3. The first-order valence-corrected chi connectivity index (χ1v) is 7.91. The lowest BCUT2D eigenvalue weighted by Crippen LogP contribution is -2.13. The number of para-hydroxylation sites is 1. The molecule has 0 bridgehead atoms. The van der Waals surface area contributed by atoms with Crippen LogP contribution in [0.2, 0.25) is 10.0 Å². The Morgan fingerprint density at radius 3 is 2.25 bits per heavy atom. The Kier molecular flexibility index (Phi) is 4.99. The second-order valence-electron chi connectivity index (χ2n) is 5.03. The minimum atomic E-state index is -0.283. The number of halogens is 2. The zero-order valence-electron chi connectivity index (χ0n) is 12.5. The van der Waals surface area contributed by atoms with Crippen LogP contribution in [0.4, 0.5) is 17.1 Å². The zero-order chi connectivity index (χ0) is 16.9. The molecule has 4 nitrogen and oxygen atoms in total. The third-order valence-corrected chi connectivity index (χ3v) is 3.61. The fourth-order valence-corrected chi connectivity index (χ4v) is 2.67. The van der Waals surface area contributed by atoms with E-state index in [1.54, 1.807) is 36.5 Å². The maximum atomic E-state index is 12.3. The van der Waals surface area contributed by atoms with Gasteiger partial charge in [0.2, 0.25) is 0 Å². The van der Waals surface area contributed by atoms with Crippen molar-refractivity contribution >= 4 is 46.2 Å². The summed E-state index contributed by atoms with van der Waals surface area (Å²) in [6, 6.07) is 17.8. The van der Waals surface area contributed by atoms with Crippen LogP contribution in [-0.4, -0.2) is 10.9 Å². The van der Waals surface area contributed by atoms with Crippen molar-refractivity contribution in [3.05, 3.63) is 82.6 Å². The van der Waals surface area contributed by atoms with E-state index in [4.69, 9.17) is 23.2 Å². The monoisotopic (exact) mass is 357 g/mol. The molecule has 0 radical (unpaired) electrons. The summed E-state index contributed by atoms with van der Waals surface area (Å²) in [5.74, 6) is -0.283. The van der Waals surface area contributed by atoms with Gasteiger partial charge in [-0.1, -0.05) is 41.4 Å². The Morgan fingerprint density at radius 1 is 0.833 bits per heavy atom. The first kappa shape index (κ1) is 16.3. The molecule has 0 aliphatic rings. The van der Waals surface area contributed by atoms with Gasteiger partial charge < -0.3 is 10.6 Å². The number of nitrogens with zero attached hydrogens (tertiary/aromatic N) is 1. The molecule has 1 aromatic heterocycles. The Hall–Kier alpha value is -2.56. The van der Waals surface area contributed by atoms with Gasteiger partial charge in [0.05, 0.1) is 0 Å². The van der Waals surface area contributed by atoms with Gasteiger partial charge in [-0.15, -0.1) is 0 Å². The topological polar surface area (TPSA) is 54.0 Å². The van der Waals surface area contributed by atoms with Gasteiger partial charge in [0, 0.05) is 33.3 Å². The molecule has 0 saturated carbocycles. The molecule has 3 rings (SSSR count). The van der Waals surface area contributed by atoms with E-state index in [9.17, 15) is 4.79 Å². The number of carbonyl (C=O) groups is 1. The van der Waals surface area contributed by atoms with E-state index >= 15 is 0 Å². The fraction of sp³-hybridized carbons (Fsp3) is 0. The molecule has 0 aliphatic carbocycles. The number of aromatic nitrogens is 1. The number of rotatable bonds is 4. The summed E-state index contributed by atoms with van der Waals surface area (Å²) >= 11 is 12.0. The van der Waals surface area contributed by atoms with Crippen LogP contribution in [0.1, 0.15) is 10.5 Å². The summed E-state index contributed by atoms with van der Waals surface area (Å²) in [7, 11) is 0. The van der Waals surface area contributed by atoms with Crippen molar-refractivity contribution in [2.45, 2.75) is 0 Å². The van der Waals surface area contributed by atoms with E-state index in [2.05, 4.69) is 15.6 Å². The molecule has 2 N–H and O–H groups in total. The van der Waals surface area contributed by atoms with Gasteiger partial charge >= 0.3 is 0 Å². The van der Waals surface area contributed by atoms with Crippen LogP contribution in [0, 0.1) is 0 Å². The van der Waals surface area contributed by atoms with Crippen molar-refractivity contribution < 1.29 is 4.79 Å². The summed E-state index contributed by atoms with van der Waals surface area (Å²) < 4.78 is 0. The Bertz CT molecular complexity index is 849. The third kappa shape index (κ3) is 4.25. The lowest BCUT2D eigenvalue weighted by atomic mass is 10.2. The fourth-order valence-electron chi connectivity index (χ4n) is 2.14. The highest BCUT2D eigenvalue weighted by atomic mass is 35.5. The molecule has 6 heteroatoms. The summed E-state index contributed by atoms with van der Waals surface area (Å²) in [4.78, 5) is 16.4. The zero-order valence-corrected chi connectivity index (χ0v) is 14.0. The minimum Gasteiger partial charge on any atom is -0.355 e. The molecule has 1 amide bonds. The summed E-state index contributed by atoms with van der Waals surface area (Å²) in [6.07, 6.45) is 1.56. The van der Waals surface area contributed by atoms with Gasteiger partial charge in [-0.25, -0.2) is 0 Å². The predicted molar refractivity (Wildman–Crippen MR) is 98.4 cm³/mol. The molecule has 1 heterocycles. The highest BCUT2D eigenvalue weighted by Crippen LogP contribution is 2.25. The molecule has 0 spiro atoms. The van der Waals surface area contributed by atoms with Crippen molar-refractivity contribution in [3.8, 4) is 0 Å². The summed E-state index contributed by atoms with van der Waals surface area (Å²) in [5.41, 5.74) is 2.45. The Balaban J connectivity index is 1.77. The largest absolute Gasteiger partial charge is 0.355 e. The third-order valence-electron chi connectivity index (χ3n) is 3.18. The molecule has 0 aliphatic heterocycles. The lowest BCUT2D eigenvalue weighted by molar-refractivity contribution is 0.102. The number of anilines is 3. The summed E-state index contributed by atoms with van der Waals surface area (Å²) in [6.45, 7) is 0. The smallest absolute Gasteiger partial charge is 0.274 e. The average Bonchev–Trinajstić information content (AvgIpc) is 2.55. The average molecular weight is 358 g/mol. The highest BCUT2D eigenvalue weighted by Gasteiger charge is 2.09. The second kappa shape index (κ2) is 7.34. The van der Waals surface area contributed by atoms with Crippen LogP contribution in [-0.2, 0) is 0 Å². The Labute approximate surface area is 149 Å². The molecule has 0 atom stereocenters. The van der Waals surface area contributed by atoms with Crippen molar-refractivity contribution in [3.63, 3.8) is 0 Å². The van der Waals surface area contributed by atoms with E-state index in [0.29, 0.717) is 27.1 Å². The van der Waals surface area contributed by atoms with Gasteiger partial charge in [-0.2, -0.15) is 0 Å². The predicted octanol–water partition coefficient (Wildman–Crippen LogP) is 5.38. The minimum absolute atomic E-state index is 0.283. The van der Waals surface area contributed by atoms with Crippen molar-refractivity contribution in [1.82, 2.24) is 4.98 Å². The SMILES string of the molecule is O=C(Nc1ccccc1)c1cc(Nc2cc(Cl)cc(Cl)c2)ccn1. The first-order valence-electron chi connectivity index (χ1n) is 7.16. The lowest BCUT2D eigenvalue weighted by Gasteiger charge is -2.09. The van der Waals surface area contributed by atoms with Crippen LogP contribution >= 0.6 is 23.2 Å². The standard InChI is InChI=1S/C18H13Cl2N3O/c19-12-8-13(20)10-16(9-12)22-15-6-7-21-17(11-15)18(24)23-14-4-2-1-3-5-14/h1-11H,(H,21,22)(H,23,24). The summed E-state index contributed by atoms with van der Waals surface area (Å²) in [5, 5.41) is 7.01. The maximum Gasteiger partial charge on any atom is 0.274 e. The number of pyridine rings is 1. The molecule has 0 unspecified atom stereocenters. The Morgan fingerprint density at radius 2 is 1.54 bits per heavy atom. The molecule has 3 aromatic rings. The molecular formula is C18H13Cl2N3O. The van der Waals surface area contributed by atoms with Gasteiger partial charge in [-0.05, 0) is 42.5 Å². The highest BCUT2D eigenvalue weighted by molar-refractivity contribution is 6.35. The van der Waals surface area contributed by atoms with Crippen LogP contribution in [0.15, 0.2) is 66.9 Å². The van der Waals surface area contributed by atoms with Crippen molar-refractivity contribution in [2.24, 2.45) is 0 Å². The number of nitrogens with one attached hydrogen (secondary N) is 2. The van der Waals surface area contributed by atoms with Gasteiger partial charge in [0.25, 0.3) is 5.91 Å². The van der Waals surface area contributed by atoms with Gasteiger partial charge in [0.15, 0.2) is 0 Å². The molecule has 0 fully saturated rings. The van der Waals surface area contributed by atoms with Crippen LogP contribution in [0.25, 0.3) is 0 Å². The molecule has 0 saturated heterocycles. The van der Waals surface area contributed by atoms with Crippen LogP contribution < -0.4 is 10.6 Å². The quantitative estimate of drug-likeness (QED) is 0.658. The number of hydrogen-bond acceptors (Lipinski definition) is 3. The first-order chi connectivity index (χ1) is 11.6. The molecule has 120 valence electrons. The van der Waals surface area contributed by atoms with Crippen LogP contribution in [0.5, 0.6) is 0 Å². The normalized spacial score (nSPS) is 10.2. The van der Waals surface area contributed by atoms with E-state index in [0.717, 1.165) is 5.69 Å². The van der Waals surface area contributed by atoms with E-state index < -0.39 is 0 Å². The van der Waals surface area contributed by atoms with Crippen LogP contribution in [0.3, 0.4) is 0 Å². The van der Waals surface area contributed by atoms with Crippen molar-refractivity contribution in [1.29, 1.82) is 0 Å². The van der Waals surface area contributed by atoms with Crippen molar-refractivity contribution in [2.75, 3.05) is 10.6 Å². The second-order valence-corrected chi connectivity index (χ2v) is 5.91. The van der Waals surface area contributed by atoms with E-state index in [1.165, 1.54) is 0 Å².